The molecule has 1 saturated heterocycles. The topological polar surface area (TPSA) is 67.3 Å². The lowest BCUT2D eigenvalue weighted by atomic mass is 10.1. The number of nitrogens with zero attached hydrogens (tertiary/aromatic N) is 2. The molecule has 0 spiro atoms. The van der Waals surface area contributed by atoms with Crippen LogP contribution >= 0.6 is 15.9 Å². The van der Waals surface area contributed by atoms with E-state index < -0.39 is 45.4 Å². The smallest absolute Gasteiger partial charge is 0.296 e. The predicted octanol–water partition coefficient (Wildman–Crippen LogP) is 2.52. The summed E-state index contributed by atoms with van der Waals surface area (Å²) in [4.78, 5) is 16.2. The average molecular weight is 405 g/mol. The maximum absolute atomic E-state index is 13.0. The molecular weight excluding hydrogens is 396 g/mol. The minimum atomic E-state index is -4.81. The highest BCUT2D eigenvalue weighted by Crippen LogP contribution is 2.38. The number of carbonyl (C=O) groups excluding carboxylic acids is 1. The maximum atomic E-state index is 13.0. The van der Waals surface area contributed by atoms with Gasteiger partial charge in [0.1, 0.15) is 5.82 Å². The van der Waals surface area contributed by atoms with Crippen LogP contribution in [-0.2, 0) is 21.2 Å². The van der Waals surface area contributed by atoms with Gasteiger partial charge >= 0.3 is 16.4 Å². The van der Waals surface area contributed by atoms with E-state index >= 15 is 0 Å². The average Bonchev–Trinajstić information content (AvgIpc) is 2.66. The SMILES string of the molecule is O=C1CC(CS(=O)(=O)F)CN1c1ncc(Br)cc1C(F)(F)F. The van der Waals surface area contributed by atoms with E-state index in [0.717, 1.165) is 17.2 Å². The van der Waals surface area contributed by atoms with Gasteiger partial charge in [-0.05, 0) is 22.0 Å². The number of hydrogen-bond acceptors (Lipinski definition) is 4. The second-order valence-corrected chi connectivity index (χ2v) is 7.13. The number of amides is 1. The minimum Gasteiger partial charge on any atom is -0.296 e. The van der Waals surface area contributed by atoms with Gasteiger partial charge in [-0.15, -0.1) is 3.89 Å². The Hall–Kier alpha value is -1.23. The number of hydrogen-bond donors (Lipinski definition) is 0. The summed E-state index contributed by atoms with van der Waals surface area (Å²) in [6, 6.07) is 0.773. The fourth-order valence-electron chi connectivity index (χ4n) is 2.24. The van der Waals surface area contributed by atoms with Crippen molar-refractivity contribution in [2.24, 2.45) is 5.92 Å². The van der Waals surface area contributed by atoms with Crippen molar-refractivity contribution in [2.45, 2.75) is 12.6 Å². The van der Waals surface area contributed by atoms with Gasteiger partial charge < -0.3 is 0 Å². The van der Waals surface area contributed by atoms with Gasteiger partial charge in [-0.2, -0.15) is 21.6 Å². The molecule has 1 unspecified atom stereocenters. The molecule has 1 aliphatic rings. The molecule has 0 N–H and O–H groups in total. The van der Waals surface area contributed by atoms with Crippen molar-refractivity contribution in [1.82, 2.24) is 4.98 Å². The van der Waals surface area contributed by atoms with Crippen LogP contribution in [0.15, 0.2) is 16.7 Å². The molecule has 5 nitrogen and oxygen atoms in total. The van der Waals surface area contributed by atoms with Crippen LogP contribution in [0.1, 0.15) is 12.0 Å². The molecule has 1 aromatic heterocycles. The van der Waals surface area contributed by atoms with E-state index in [1.807, 2.05) is 0 Å². The van der Waals surface area contributed by atoms with E-state index in [1.165, 1.54) is 0 Å². The highest BCUT2D eigenvalue weighted by Gasteiger charge is 2.41. The van der Waals surface area contributed by atoms with Crippen LogP contribution in [0.4, 0.5) is 22.9 Å². The minimum absolute atomic E-state index is 0.0816. The summed E-state index contributed by atoms with van der Waals surface area (Å²) < 4.78 is 73.0. The summed E-state index contributed by atoms with van der Waals surface area (Å²) in [6.45, 7) is -0.334. The normalized spacial score (nSPS) is 19.8. The fraction of sp³-hybridized carbons (Fsp3) is 0.455. The maximum Gasteiger partial charge on any atom is 0.420 e. The van der Waals surface area contributed by atoms with E-state index in [4.69, 9.17) is 0 Å². The second kappa shape index (κ2) is 5.76. The molecule has 0 aliphatic carbocycles. The van der Waals surface area contributed by atoms with Gasteiger partial charge in [-0.25, -0.2) is 4.98 Å². The molecule has 1 amide bonds. The highest BCUT2D eigenvalue weighted by atomic mass is 79.9. The highest BCUT2D eigenvalue weighted by molar-refractivity contribution is 9.10. The molecular formula is C11H9BrF4N2O3S. The Morgan fingerprint density at radius 2 is 2.05 bits per heavy atom. The van der Waals surface area contributed by atoms with Crippen LogP contribution < -0.4 is 4.90 Å². The molecule has 2 heterocycles. The first-order valence-electron chi connectivity index (χ1n) is 5.93. The Morgan fingerprint density at radius 3 is 2.59 bits per heavy atom. The summed E-state index contributed by atoms with van der Waals surface area (Å²) in [5.74, 6) is -3.16. The first-order chi connectivity index (χ1) is 9.97. The van der Waals surface area contributed by atoms with Gasteiger partial charge in [-0.1, -0.05) is 0 Å². The molecule has 1 fully saturated rings. The zero-order chi connectivity index (χ0) is 16.7. The number of carbonyl (C=O) groups is 1. The van der Waals surface area contributed by atoms with Gasteiger partial charge in [-0.3, -0.25) is 9.69 Å². The number of anilines is 1. The van der Waals surface area contributed by atoms with E-state index in [0.29, 0.717) is 0 Å². The molecule has 0 radical (unpaired) electrons. The van der Waals surface area contributed by atoms with Crippen LogP contribution in [0, 0.1) is 5.92 Å². The Kier molecular flexibility index (Phi) is 4.49. The number of aromatic nitrogens is 1. The Balaban J connectivity index is 2.35. The third-order valence-electron chi connectivity index (χ3n) is 3.03. The molecule has 1 aliphatic heterocycles. The largest absolute Gasteiger partial charge is 0.420 e. The van der Waals surface area contributed by atoms with Crippen molar-refractivity contribution < 1.29 is 30.3 Å². The van der Waals surface area contributed by atoms with Crippen molar-refractivity contribution >= 4 is 37.9 Å². The van der Waals surface area contributed by atoms with Crippen molar-refractivity contribution in [3.8, 4) is 0 Å². The van der Waals surface area contributed by atoms with E-state index in [9.17, 15) is 30.3 Å². The predicted molar refractivity (Wildman–Crippen MR) is 72.3 cm³/mol. The third-order valence-corrected chi connectivity index (χ3v) is 4.34. The molecule has 0 aromatic carbocycles. The zero-order valence-corrected chi connectivity index (χ0v) is 13.2. The summed E-state index contributed by atoms with van der Waals surface area (Å²) in [7, 11) is -4.81. The molecule has 0 saturated carbocycles. The first-order valence-corrected chi connectivity index (χ1v) is 8.27. The zero-order valence-electron chi connectivity index (χ0n) is 10.8. The molecule has 22 heavy (non-hydrogen) atoms. The van der Waals surface area contributed by atoms with Crippen molar-refractivity contribution in [2.75, 3.05) is 17.2 Å². The Morgan fingerprint density at radius 1 is 1.41 bits per heavy atom. The van der Waals surface area contributed by atoms with E-state index in [2.05, 4.69) is 20.9 Å². The number of rotatable bonds is 3. The van der Waals surface area contributed by atoms with Crippen LogP contribution in [-0.4, -0.2) is 31.6 Å². The molecule has 2 rings (SSSR count). The Labute approximate surface area is 131 Å². The van der Waals surface area contributed by atoms with Gasteiger partial charge in [0.2, 0.25) is 5.91 Å². The summed E-state index contributed by atoms with van der Waals surface area (Å²) in [5, 5.41) is 0. The van der Waals surface area contributed by atoms with Gasteiger partial charge in [0, 0.05) is 29.6 Å². The fourth-order valence-corrected chi connectivity index (χ4v) is 3.35. The lowest BCUT2D eigenvalue weighted by Gasteiger charge is -2.20. The van der Waals surface area contributed by atoms with Crippen LogP contribution in [0.5, 0.6) is 0 Å². The van der Waals surface area contributed by atoms with Crippen molar-refractivity contribution in [1.29, 1.82) is 0 Å². The molecule has 0 bridgehead atoms. The quantitative estimate of drug-likeness (QED) is 0.573. The van der Waals surface area contributed by atoms with Crippen molar-refractivity contribution in [3.05, 3.63) is 22.3 Å². The number of halogens is 5. The second-order valence-electron chi connectivity index (χ2n) is 4.80. The monoisotopic (exact) mass is 404 g/mol. The summed E-state index contributed by atoms with van der Waals surface area (Å²) >= 11 is 2.87. The van der Waals surface area contributed by atoms with Gasteiger partial charge in [0.25, 0.3) is 0 Å². The van der Waals surface area contributed by atoms with Crippen LogP contribution in [0.3, 0.4) is 0 Å². The summed E-state index contributed by atoms with van der Waals surface area (Å²) in [6.07, 6.45) is -3.99. The third kappa shape index (κ3) is 3.94. The van der Waals surface area contributed by atoms with Crippen LogP contribution in [0.25, 0.3) is 0 Å². The molecule has 122 valence electrons. The van der Waals surface area contributed by atoms with Gasteiger partial charge in [0.05, 0.1) is 11.3 Å². The number of pyridine rings is 1. The van der Waals surface area contributed by atoms with Gasteiger partial charge in [0.15, 0.2) is 0 Å². The number of alkyl halides is 3. The summed E-state index contributed by atoms with van der Waals surface area (Å²) in [5.41, 5.74) is -1.13. The lowest BCUT2D eigenvalue weighted by molar-refractivity contribution is -0.137. The lowest BCUT2D eigenvalue weighted by Crippen LogP contribution is -2.29. The van der Waals surface area contributed by atoms with Crippen LogP contribution in [0.2, 0.25) is 0 Å². The Bertz CT molecular complexity index is 708. The van der Waals surface area contributed by atoms with E-state index in [1.54, 1.807) is 0 Å². The van der Waals surface area contributed by atoms with E-state index in [-0.39, 0.29) is 17.4 Å². The molecule has 1 aromatic rings. The van der Waals surface area contributed by atoms with Crippen molar-refractivity contribution in [3.63, 3.8) is 0 Å². The molecule has 11 heteroatoms. The first kappa shape index (κ1) is 17.1. The standard InChI is InChI=1S/C11H9BrF4N2O3S/c12-7-2-8(11(13,14)15)10(17-3-7)18-4-6(1-9(18)19)5-22(16,20)21/h2-3,6H,1,4-5H2. The molecule has 1 atom stereocenters.